The van der Waals surface area contributed by atoms with Crippen LogP contribution in [0.15, 0.2) is 50.9 Å². The van der Waals surface area contributed by atoms with Gasteiger partial charge >= 0.3 is 5.69 Å². The van der Waals surface area contributed by atoms with Crippen molar-refractivity contribution in [1.29, 1.82) is 0 Å². The molecule has 0 fully saturated rings. The summed E-state index contributed by atoms with van der Waals surface area (Å²) in [6.45, 7) is 0.209. The number of H-pyrrole nitrogens is 1. The molecule has 134 valence electrons. The lowest BCUT2D eigenvalue weighted by atomic mass is 10.2. The Bertz CT molecular complexity index is 1040. The van der Waals surface area contributed by atoms with E-state index < -0.39 is 11.2 Å². The van der Waals surface area contributed by atoms with Crippen molar-refractivity contribution < 1.29 is 9.32 Å². The number of carbonyl (C=O) groups is 1. The highest BCUT2D eigenvalue weighted by Crippen LogP contribution is 2.18. The zero-order valence-electron chi connectivity index (χ0n) is 14.3. The molecule has 0 aromatic carbocycles. The Morgan fingerprint density at radius 1 is 1.31 bits per heavy atom. The number of hydrogen-bond donors (Lipinski definition) is 1. The van der Waals surface area contributed by atoms with E-state index in [1.807, 2.05) is 12.1 Å². The van der Waals surface area contributed by atoms with E-state index in [4.69, 9.17) is 4.52 Å². The van der Waals surface area contributed by atoms with Gasteiger partial charge in [-0.25, -0.2) is 4.79 Å². The number of amides is 1. The van der Waals surface area contributed by atoms with Crippen LogP contribution in [0.4, 0.5) is 0 Å². The summed E-state index contributed by atoms with van der Waals surface area (Å²) in [7, 11) is 2.96. The highest BCUT2D eigenvalue weighted by atomic mass is 16.5. The van der Waals surface area contributed by atoms with E-state index in [2.05, 4.69) is 15.1 Å². The van der Waals surface area contributed by atoms with Gasteiger partial charge in [0.05, 0.1) is 13.0 Å². The van der Waals surface area contributed by atoms with Gasteiger partial charge in [-0.2, -0.15) is 0 Å². The van der Waals surface area contributed by atoms with Crippen LogP contribution in [0.5, 0.6) is 0 Å². The van der Waals surface area contributed by atoms with Crippen LogP contribution in [0, 0.1) is 0 Å². The number of aromatic amines is 1. The number of aromatic nitrogens is 4. The van der Waals surface area contributed by atoms with Gasteiger partial charge in [0, 0.05) is 49.9 Å². The summed E-state index contributed by atoms with van der Waals surface area (Å²) in [6.07, 6.45) is 4.46. The molecule has 9 nitrogen and oxygen atoms in total. The molecule has 3 aromatic heterocycles. The largest absolute Gasteiger partial charge is 0.359 e. The molecule has 0 spiro atoms. The minimum Gasteiger partial charge on any atom is -0.359 e. The van der Waals surface area contributed by atoms with Gasteiger partial charge in [0.25, 0.3) is 5.56 Å². The number of hydrogen-bond acceptors (Lipinski definition) is 6. The zero-order chi connectivity index (χ0) is 18.7. The molecular formula is C17H17N5O4. The Morgan fingerprint density at radius 2 is 2.04 bits per heavy atom. The van der Waals surface area contributed by atoms with Crippen LogP contribution in [0.3, 0.4) is 0 Å². The number of likely N-dealkylation sites (N-methyl/N-ethyl adjacent to an activating group) is 1. The molecule has 26 heavy (non-hydrogen) atoms. The Balaban J connectivity index is 1.69. The molecule has 9 heteroatoms. The molecule has 0 aliphatic heterocycles. The zero-order valence-corrected chi connectivity index (χ0v) is 14.3. The standard InChI is InChI=1S/C17H17N5O4/c1-21(15(23)7-12-9-19-17(25)22(2)16(12)24)10-13-8-14(20-26-13)11-3-5-18-6-4-11/h3-6,8-9H,7,10H2,1-2H3,(H,19,25). The van der Waals surface area contributed by atoms with Gasteiger partial charge in [-0.3, -0.25) is 19.1 Å². The Kier molecular flexibility index (Phi) is 4.78. The average Bonchev–Trinajstić information content (AvgIpc) is 3.11. The van der Waals surface area contributed by atoms with Gasteiger partial charge in [-0.1, -0.05) is 5.16 Å². The second-order valence-corrected chi connectivity index (χ2v) is 5.82. The van der Waals surface area contributed by atoms with Crippen molar-refractivity contribution in [3.8, 4) is 11.3 Å². The Hall–Kier alpha value is -3.49. The fourth-order valence-corrected chi connectivity index (χ4v) is 2.41. The molecule has 0 saturated carbocycles. The molecule has 3 aromatic rings. The van der Waals surface area contributed by atoms with Crippen molar-refractivity contribution in [3.05, 3.63) is 69.0 Å². The van der Waals surface area contributed by atoms with Crippen molar-refractivity contribution in [2.75, 3.05) is 7.05 Å². The van der Waals surface area contributed by atoms with Crippen molar-refractivity contribution in [1.82, 2.24) is 24.6 Å². The van der Waals surface area contributed by atoms with Crippen LogP contribution >= 0.6 is 0 Å². The summed E-state index contributed by atoms with van der Waals surface area (Å²) in [5, 5.41) is 3.98. The first kappa shape index (κ1) is 17.3. The fraction of sp³-hybridized carbons (Fsp3) is 0.235. The highest BCUT2D eigenvalue weighted by molar-refractivity contribution is 5.78. The molecule has 0 bridgehead atoms. The summed E-state index contributed by atoms with van der Waals surface area (Å²) in [5.74, 6) is 0.234. The van der Waals surface area contributed by atoms with E-state index in [9.17, 15) is 14.4 Å². The smallest absolute Gasteiger partial charge is 0.328 e. The molecule has 0 unspecified atom stereocenters. The third-order valence-electron chi connectivity index (χ3n) is 3.95. The third kappa shape index (κ3) is 3.61. The van der Waals surface area contributed by atoms with E-state index in [1.54, 1.807) is 25.5 Å². The number of carbonyl (C=O) groups excluding carboxylic acids is 1. The summed E-state index contributed by atoms with van der Waals surface area (Å²) in [6, 6.07) is 5.36. The molecule has 3 heterocycles. The minimum absolute atomic E-state index is 0.120. The van der Waals surface area contributed by atoms with E-state index in [0.29, 0.717) is 11.5 Å². The van der Waals surface area contributed by atoms with Gasteiger partial charge in [0.2, 0.25) is 5.91 Å². The normalized spacial score (nSPS) is 10.7. The Morgan fingerprint density at radius 3 is 2.77 bits per heavy atom. The van der Waals surface area contributed by atoms with Crippen molar-refractivity contribution in [2.24, 2.45) is 7.05 Å². The van der Waals surface area contributed by atoms with Gasteiger partial charge in [-0.05, 0) is 12.1 Å². The summed E-state index contributed by atoms with van der Waals surface area (Å²) >= 11 is 0. The van der Waals surface area contributed by atoms with Crippen LogP contribution in [-0.4, -0.2) is 37.5 Å². The monoisotopic (exact) mass is 355 g/mol. The number of nitrogens with one attached hydrogen (secondary N) is 1. The van der Waals surface area contributed by atoms with E-state index in [1.165, 1.54) is 18.1 Å². The predicted octanol–water partition coefficient (Wildman–Crippen LogP) is 0.325. The molecule has 0 aliphatic rings. The van der Waals surface area contributed by atoms with Gasteiger partial charge in [-0.15, -0.1) is 0 Å². The molecule has 3 rings (SSSR count). The second kappa shape index (κ2) is 7.18. The topological polar surface area (TPSA) is 114 Å². The van der Waals surface area contributed by atoms with E-state index in [0.717, 1.165) is 10.1 Å². The van der Waals surface area contributed by atoms with E-state index >= 15 is 0 Å². The van der Waals surface area contributed by atoms with Gasteiger partial charge in [0.15, 0.2) is 5.76 Å². The molecule has 1 N–H and O–H groups in total. The maximum Gasteiger partial charge on any atom is 0.328 e. The fourth-order valence-electron chi connectivity index (χ4n) is 2.41. The van der Waals surface area contributed by atoms with Crippen LogP contribution < -0.4 is 11.2 Å². The summed E-state index contributed by atoms with van der Waals surface area (Å²) < 4.78 is 6.20. The van der Waals surface area contributed by atoms with Crippen LogP contribution in [0.25, 0.3) is 11.3 Å². The van der Waals surface area contributed by atoms with Crippen molar-refractivity contribution >= 4 is 5.91 Å². The van der Waals surface area contributed by atoms with Crippen LogP contribution in [0.1, 0.15) is 11.3 Å². The summed E-state index contributed by atoms with van der Waals surface area (Å²) in [4.78, 5) is 43.5. The first-order valence-corrected chi connectivity index (χ1v) is 7.83. The maximum atomic E-state index is 12.4. The molecule has 0 saturated heterocycles. The quantitative estimate of drug-likeness (QED) is 0.705. The molecule has 0 atom stereocenters. The predicted molar refractivity (Wildman–Crippen MR) is 92.2 cm³/mol. The minimum atomic E-state index is -0.523. The number of pyridine rings is 1. The number of rotatable bonds is 5. The average molecular weight is 355 g/mol. The maximum absolute atomic E-state index is 12.4. The first-order chi connectivity index (χ1) is 12.5. The number of nitrogens with zero attached hydrogens (tertiary/aromatic N) is 4. The molecule has 0 radical (unpaired) electrons. The lowest BCUT2D eigenvalue weighted by molar-refractivity contribution is -0.130. The third-order valence-corrected chi connectivity index (χ3v) is 3.95. The van der Waals surface area contributed by atoms with Crippen molar-refractivity contribution in [3.63, 3.8) is 0 Å². The molecule has 1 amide bonds. The van der Waals surface area contributed by atoms with Crippen molar-refractivity contribution in [2.45, 2.75) is 13.0 Å². The molecular weight excluding hydrogens is 338 g/mol. The van der Waals surface area contributed by atoms with E-state index in [-0.39, 0.29) is 24.4 Å². The lowest BCUT2D eigenvalue weighted by Gasteiger charge is -2.15. The van der Waals surface area contributed by atoms with Crippen LogP contribution in [0.2, 0.25) is 0 Å². The van der Waals surface area contributed by atoms with Crippen LogP contribution in [-0.2, 0) is 24.8 Å². The lowest BCUT2D eigenvalue weighted by Crippen LogP contribution is -2.36. The molecule has 0 aliphatic carbocycles. The Labute approximate surface area is 147 Å². The SMILES string of the molecule is CN(Cc1cc(-c2ccncc2)no1)C(=O)Cc1c[nH]c(=O)n(C)c1=O. The highest BCUT2D eigenvalue weighted by Gasteiger charge is 2.16. The first-order valence-electron chi connectivity index (χ1n) is 7.83. The summed E-state index contributed by atoms with van der Waals surface area (Å²) in [5.41, 5.74) is 0.720. The van der Waals surface area contributed by atoms with Gasteiger partial charge < -0.3 is 14.4 Å². The second-order valence-electron chi connectivity index (χ2n) is 5.82. The van der Waals surface area contributed by atoms with Gasteiger partial charge in [0.1, 0.15) is 5.69 Å².